The van der Waals surface area contributed by atoms with Crippen molar-refractivity contribution in [1.29, 1.82) is 0 Å². The molecule has 0 fully saturated rings. The molecular formula is C13H17BrFN3O2. The molecule has 0 aliphatic rings. The molecule has 0 spiro atoms. The van der Waals surface area contributed by atoms with Gasteiger partial charge in [-0.2, -0.15) is 0 Å². The van der Waals surface area contributed by atoms with Gasteiger partial charge in [0.2, 0.25) is 11.8 Å². The molecule has 0 aromatic heterocycles. The molecule has 0 saturated heterocycles. The Bertz CT molecular complexity index is 508. The lowest BCUT2D eigenvalue weighted by Gasteiger charge is -2.15. The fourth-order valence-electron chi connectivity index (χ4n) is 1.37. The fraction of sp³-hybridized carbons (Fsp3) is 0.385. The number of nitrogens with one attached hydrogen (secondary N) is 2. The van der Waals surface area contributed by atoms with E-state index in [0.717, 1.165) is 0 Å². The molecule has 110 valence electrons. The summed E-state index contributed by atoms with van der Waals surface area (Å²) in [5, 5.41) is 5.00. The van der Waals surface area contributed by atoms with Gasteiger partial charge in [-0.3, -0.25) is 9.59 Å². The molecule has 1 aromatic carbocycles. The Morgan fingerprint density at radius 1 is 1.40 bits per heavy atom. The van der Waals surface area contributed by atoms with E-state index >= 15 is 0 Å². The van der Waals surface area contributed by atoms with Gasteiger partial charge in [-0.05, 0) is 40.0 Å². The van der Waals surface area contributed by atoms with Crippen LogP contribution in [0.15, 0.2) is 22.7 Å². The minimum Gasteiger partial charge on any atom is -0.346 e. The van der Waals surface area contributed by atoms with Crippen LogP contribution in [0.4, 0.5) is 10.1 Å². The quantitative estimate of drug-likeness (QED) is 0.758. The SMILES string of the molecule is CC(C)[C@H](N)C(=O)NCC(=O)Nc1ccc(F)cc1Br. The highest BCUT2D eigenvalue weighted by atomic mass is 79.9. The lowest BCUT2D eigenvalue weighted by atomic mass is 10.1. The number of carbonyl (C=O) groups is 2. The van der Waals surface area contributed by atoms with Crippen LogP contribution in [0.3, 0.4) is 0 Å². The third kappa shape index (κ3) is 4.90. The van der Waals surface area contributed by atoms with Gasteiger partial charge in [0.15, 0.2) is 0 Å². The minimum atomic E-state index is -0.652. The van der Waals surface area contributed by atoms with Crippen molar-refractivity contribution in [2.45, 2.75) is 19.9 Å². The van der Waals surface area contributed by atoms with Crippen molar-refractivity contribution in [3.05, 3.63) is 28.5 Å². The van der Waals surface area contributed by atoms with Crippen LogP contribution in [0.2, 0.25) is 0 Å². The standard InChI is InChI=1S/C13H17BrFN3O2/c1-7(2)12(16)13(20)17-6-11(19)18-10-4-3-8(15)5-9(10)14/h3-5,7,12H,6,16H2,1-2H3,(H,17,20)(H,18,19)/t12-/m0/s1. The molecule has 1 aromatic rings. The highest BCUT2D eigenvalue weighted by molar-refractivity contribution is 9.10. The summed E-state index contributed by atoms with van der Waals surface area (Å²) in [6, 6.07) is 3.25. The van der Waals surface area contributed by atoms with E-state index < -0.39 is 17.8 Å². The van der Waals surface area contributed by atoms with Crippen molar-refractivity contribution < 1.29 is 14.0 Å². The summed E-state index contributed by atoms with van der Waals surface area (Å²) in [7, 11) is 0. The number of carbonyl (C=O) groups excluding carboxylic acids is 2. The fourth-order valence-corrected chi connectivity index (χ4v) is 1.82. The zero-order chi connectivity index (χ0) is 15.3. The Labute approximate surface area is 125 Å². The number of amides is 2. The van der Waals surface area contributed by atoms with Crippen LogP contribution in [-0.4, -0.2) is 24.4 Å². The van der Waals surface area contributed by atoms with E-state index in [-0.39, 0.29) is 18.4 Å². The van der Waals surface area contributed by atoms with Crippen molar-refractivity contribution in [2.75, 3.05) is 11.9 Å². The topological polar surface area (TPSA) is 84.2 Å². The van der Waals surface area contributed by atoms with E-state index in [4.69, 9.17) is 5.73 Å². The summed E-state index contributed by atoms with van der Waals surface area (Å²) >= 11 is 3.14. The van der Waals surface area contributed by atoms with E-state index in [1.54, 1.807) is 0 Å². The number of hydrogen-bond acceptors (Lipinski definition) is 3. The molecule has 1 rings (SSSR count). The van der Waals surface area contributed by atoms with E-state index in [0.29, 0.717) is 10.2 Å². The summed E-state index contributed by atoms with van der Waals surface area (Å²) in [6.45, 7) is 3.45. The third-order valence-electron chi connectivity index (χ3n) is 2.65. The second kappa shape index (κ2) is 7.35. The summed E-state index contributed by atoms with van der Waals surface area (Å²) in [4.78, 5) is 23.2. The summed E-state index contributed by atoms with van der Waals surface area (Å²) < 4.78 is 13.3. The molecular weight excluding hydrogens is 329 g/mol. The van der Waals surface area contributed by atoms with Gasteiger partial charge in [0.25, 0.3) is 0 Å². The molecule has 0 aliphatic carbocycles. The van der Waals surface area contributed by atoms with Crippen LogP contribution in [0.25, 0.3) is 0 Å². The average molecular weight is 346 g/mol. The molecule has 0 unspecified atom stereocenters. The molecule has 2 amide bonds. The van der Waals surface area contributed by atoms with Crippen molar-refractivity contribution in [3.63, 3.8) is 0 Å². The van der Waals surface area contributed by atoms with Crippen LogP contribution in [-0.2, 0) is 9.59 Å². The number of nitrogens with two attached hydrogens (primary N) is 1. The second-order valence-corrected chi connectivity index (χ2v) is 5.51. The predicted octanol–water partition coefficient (Wildman–Crippen LogP) is 1.63. The van der Waals surface area contributed by atoms with Crippen molar-refractivity contribution in [3.8, 4) is 0 Å². The maximum absolute atomic E-state index is 12.9. The highest BCUT2D eigenvalue weighted by Gasteiger charge is 2.17. The van der Waals surface area contributed by atoms with Gasteiger partial charge in [-0.15, -0.1) is 0 Å². The highest BCUT2D eigenvalue weighted by Crippen LogP contribution is 2.22. The Kier molecular flexibility index (Phi) is 6.09. The molecule has 1 atom stereocenters. The first-order valence-electron chi connectivity index (χ1n) is 6.09. The molecule has 0 saturated carbocycles. The van der Waals surface area contributed by atoms with Crippen LogP contribution in [0.5, 0.6) is 0 Å². The van der Waals surface area contributed by atoms with E-state index in [1.807, 2.05) is 13.8 Å². The van der Waals surface area contributed by atoms with Crippen LogP contribution in [0.1, 0.15) is 13.8 Å². The average Bonchev–Trinajstić information content (AvgIpc) is 2.38. The van der Waals surface area contributed by atoms with Crippen LogP contribution in [0, 0.1) is 11.7 Å². The summed E-state index contributed by atoms with van der Waals surface area (Å²) in [6.07, 6.45) is 0. The lowest BCUT2D eigenvalue weighted by Crippen LogP contribution is -2.46. The molecule has 20 heavy (non-hydrogen) atoms. The van der Waals surface area contributed by atoms with E-state index in [1.165, 1.54) is 18.2 Å². The zero-order valence-electron chi connectivity index (χ0n) is 11.2. The second-order valence-electron chi connectivity index (χ2n) is 4.66. The van der Waals surface area contributed by atoms with Crippen LogP contribution < -0.4 is 16.4 Å². The Morgan fingerprint density at radius 2 is 2.05 bits per heavy atom. The number of anilines is 1. The van der Waals surface area contributed by atoms with Gasteiger partial charge in [0.05, 0.1) is 18.3 Å². The molecule has 4 N–H and O–H groups in total. The lowest BCUT2D eigenvalue weighted by molar-refractivity contribution is -0.125. The first-order valence-corrected chi connectivity index (χ1v) is 6.88. The van der Waals surface area contributed by atoms with Gasteiger partial charge in [-0.1, -0.05) is 13.8 Å². The van der Waals surface area contributed by atoms with Gasteiger partial charge in [0.1, 0.15) is 5.82 Å². The normalized spacial score (nSPS) is 12.1. The Balaban J connectivity index is 2.50. The van der Waals surface area contributed by atoms with Crippen molar-refractivity contribution in [1.82, 2.24) is 5.32 Å². The third-order valence-corrected chi connectivity index (χ3v) is 3.31. The molecule has 0 radical (unpaired) electrons. The first-order chi connectivity index (χ1) is 9.31. The van der Waals surface area contributed by atoms with Gasteiger partial charge in [0, 0.05) is 4.47 Å². The Morgan fingerprint density at radius 3 is 2.60 bits per heavy atom. The minimum absolute atomic E-state index is 0.00990. The maximum Gasteiger partial charge on any atom is 0.243 e. The zero-order valence-corrected chi connectivity index (χ0v) is 12.8. The largest absolute Gasteiger partial charge is 0.346 e. The van der Waals surface area contributed by atoms with Gasteiger partial charge in [-0.25, -0.2) is 4.39 Å². The summed E-state index contributed by atoms with van der Waals surface area (Å²) in [5.74, 6) is -1.22. The molecule has 0 heterocycles. The van der Waals surface area contributed by atoms with Crippen LogP contribution >= 0.6 is 15.9 Å². The summed E-state index contributed by atoms with van der Waals surface area (Å²) in [5.41, 5.74) is 6.08. The van der Waals surface area contributed by atoms with Crippen molar-refractivity contribution >= 4 is 33.4 Å². The monoisotopic (exact) mass is 345 g/mol. The van der Waals surface area contributed by atoms with Crippen molar-refractivity contribution in [2.24, 2.45) is 11.7 Å². The number of benzene rings is 1. The number of hydrogen-bond donors (Lipinski definition) is 3. The maximum atomic E-state index is 12.9. The Hall–Kier alpha value is -1.47. The first kappa shape index (κ1) is 16.6. The number of halogens is 2. The molecule has 0 aliphatic heterocycles. The van der Waals surface area contributed by atoms with E-state index in [9.17, 15) is 14.0 Å². The van der Waals surface area contributed by atoms with Gasteiger partial charge < -0.3 is 16.4 Å². The van der Waals surface area contributed by atoms with E-state index in [2.05, 4.69) is 26.6 Å². The molecule has 0 bridgehead atoms. The van der Waals surface area contributed by atoms with Gasteiger partial charge >= 0.3 is 0 Å². The number of rotatable bonds is 5. The smallest absolute Gasteiger partial charge is 0.243 e. The molecule has 7 heteroatoms. The molecule has 5 nitrogen and oxygen atoms in total. The predicted molar refractivity (Wildman–Crippen MR) is 78.6 cm³/mol.